The minimum absolute atomic E-state index is 0.253. The van der Waals surface area contributed by atoms with Gasteiger partial charge in [-0.05, 0) is 50.5 Å². The molecule has 210 valence electrons. The van der Waals surface area contributed by atoms with Crippen molar-refractivity contribution < 1.29 is 42.1 Å². The van der Waals surface area contributed by atoms with Crippen LogP contribution in [-0.2, 0) is 4.79 Å². The minimum atomic E-state index is -5.00. The summed E-state index contributed by atoms with van der Waals surface area (Å²) in [6, 6.07) is 5.25. The van der Waals surface area contributed by atoms with Gasteiger partial charge < -0.3 is 24.1 Å². The zero-order chi connectivity index (χ0) is 29.6. The maximum absolute atomic E-state index is 10.5. The Morgan fingerprint density at radius 3 is 2.03 bits per heavy atom. The molecule has 37 heavy (non-hydrogen) atoms. The minimum Gasteiger partial charge on any atom is -0.483 e. The zero-order valence-electron chi connectivity index (χ0n) is 22.6. The van der Waals surface area contributed by atoms with Gasteiger partial charge in [-0.3, -0.25) is 0 Å². The molecule has 2 N–H and O–H groups in total. The molecule has 0 aliphatic rings. The fraction of sp³-hybridized carbons (Fsp3) is 0.407. The van der Waals surface area contributed by atoms with Crippen LogP contribution in [0.3, 0.4) is 0 Å². The SMILES string of the molecule is C=CC.C=CC=C.CC.Cc1cc(OC(C)c2ocnc2C(C)C)ccc1OCC(=O)O.OC(F)(F)F. The number of aromatic nitrogens is 1. The number of carboxylic acids is 1. The number of aliphatic hydroxyl groups is 1. The molecule has 1 aromatic heterocycles. The molecule has 7 nitrogen and oxygen atoms in total. The summed E-state index contributed by atoms with van der Waals surface area (Å²) in [5.41, 5.74) is 1.69. The van der Waals surface area contributed by atoms with Crippen LogP contribution in [0.1, 0.15) is 70.6 Å². The van der Waals surface area contributed by atoms with Crippen molar-refractivity contribution >= 4 is 5.97 Å². The van der Waals surface area contributed by atoms with Crippen LogP contribution in [0.25, 0.3) is 0 Å². The Morgan fingerprint density at radius 2 is 1.65 bits per heavy atom. The summed E-state index contributed by atoms with van der Waals surface area (Å²) in [4.78, 5) is 14.8. The monoisotopic (exact) mass is 531 g/mol. The van der Waals surface area contributed by atoms with E-state index in [9.17, 15) is 18.0 Å². The lowest BCUT2D eigenvalue weighted by molar-refractivity contribution is -0.295. The zero-order valence-corrected chi connectivity index (χ0v) is 22.6. The summed E-state index contributed by atoms with van der Waals surface area (Å²) >= 11 is 0. The molecule has 0 bridgehead atoms. The lowest BCUT2D eigenvalue weighted by Gasteiger charge is -2.16. The number of carboxylic acid groups (broad SMARTS) is 1. The number of hydrogen-bond donors (Lipinski definition) is 2. The molecule has 0 aliphatic carbocycles. The van der Waals surface area contributed by atoms with Crippen molar-refractivity contribution in [1.29, 1.82) is 0 Å². The highest BCUT2D eigenvalue weighted by Crippen LogP contribution is 2.30. The summed E-state index contributed by atoms with van der Waals surface area (Å²) in [6.45, 7) is 23.4. The number of carbonyl (C=O) groups is 1. The average molecular weight is 532 g/mol. The molecule has 10 heteroatoms. The predicted octanol–water partition coefficient (Wildman–Crippen LogP) is 7.79. The van der Waals surface area contributed by atoms with E-state index in [1.807, 2.05) is 48.5 Å². The van der Waals surface area contributed by atoms with Crippen LogP contribution in [0, 0.1) is 6.92 Å². The van der Waals surface area contributed by atoms with Gasteiger partial charge in [-0.15, -0.1) is 19.8 Å². The molecule has 0 amide bonds. The first-order valence-corrected chi connectivity index (χ1v) is 11.4. The maximum Gasteiger partial charge on any atom is 0.519 e. The molecule has 0 spiro atoms. The Labute approximate surface area is 217 Å². The van der Waals surface area contributed by atoms with Gasteiger partial charge in [-0.1, -0.05) is 59.1 Å². The molecular formula is C27H40F3NO6. The van der Waals surface area contributed by atoms with Gasteiger partial charge in [0.2, 0.25) is 0 Å². The third-order valence-electron chi connectivity index (χ3n) is 3.52. The molecule has 1 heterocycles. The first-order chi connectivity index (χ1) is 17.2. The van der Waals surface area contributed by atoms with Crippen molar-refractivity contribution in [3.8, 4) is 11.5 Å². The number of halogens is 3. The Hall–Kier alpha value is -3.53. The molecule has 1 atom stereocenters. The summed E-state index contributed by atoms with van der Waals surface area (Å²) < 4.78 is 46.3. The second kappa shape index (κ2) is 21.7. The molecule has 1 aromatic carbocycles. The van der Waals surface area contributed by atoms with Gasteiger partial charge in [-0.2, -0.15) is 0 Å². The van der Waals surface area contributed by atoms with Crippen molar-refractivity contribution in [3.63, 3.8) is 0 Å². The number of aliphatic carboxylic acids is 1. The van der Waals surface area contributed by atoms with E-state index >= 15 is 0 Å². The largest absolute Gasteiger partial charge is 0.519 e. The van der Waals surface area contributed by atoms with Crippen LogP contribution in [0.4, 0.5) is 13.2 Å². The first-order valence-electron chi connectivity index (χ1n) is 11.4. The van der Waals surface area contributed by atoms with E-state index in [2.05, 4.69) is 24.7 Å². The van der Waals surface area contributed by atoms with Crippen LogP contribution in [0.2, 0.25) is 0 Å². The number of alkyl halides is 3. The van der Waals surface area contributed by atoms with Gasteiger partial charge in [-0.25, -0.2) is 9.78 Å². The lowest BCUT2D eigenvalue weighted by atomic mass is 10.1. The van der Waals surface area contributed by atoms with Gasteiger partial charge in [0.25, 0.3) is 0 Å². The number of hydrogen-bond acceptors (Lipinski definition) is 6. The number of allylic oxidation sites excluding steroid dienone is 3. The van der Waals surface area contributed by atoms with Crippen molar-refractivity contribution in [2.24, 2.45) is 0 Å². The third kappa shape index (κ3) is 21.5. The highest BCUT2D eigenvalue weighted by atomic mass is 19.4. The highest BCUT2D eigenvalue weighted by Gasteiger charge is 2.21. The van der Waals surface area contributed by atoms with Crippen molar-refractivity contribution in [2.45, 2.75) is 66.9 Å². The van der Waals surface area contributed by atoms with Crippen molar-refractivity contribution in [2.75, 3.05) is 6.61 Å². The Bertz CT molecular complexity index is 896. The summed E-state index contributed by atoms with van der Waals surface area (Å²) in [5, 5.41) is 15.2. The topological polar surface area (TPSA) is 102 Å². The maximum atomic E-state index is 10.5. The number of nitrogens with zero attached hydrogens (tertiary/aromatic N) is 1. The summed E-state index contributed by atoms with van der Waals surface area (Å²) in [6.07, 6.45) is 1.18. The molecule has 2 rings (SSSR count). The standard InChI is InChI=1S/C17H21NO5.C4H6.C3H6.C2H6.CHF3O/c1-10(2)16-17(22-9-18-16)12(4)23-13-5-6-14(11(3)7-13)21-8-15(19)20;1-3-4-2;1-3-2;1-2;2-1(3,4)5/h5-7,9-10,12H,8H2,1-4H3,(H,19,20);3-4H,1-2H2;3H,1H2,2H3;1-2H3;5H. The number of rotatable bonds is 8. The predicted molar refractivity (Wildman–Crippen MR) is 140 cm³/mol. The molecule has 0 radical (unpaired) electrons. The van der Waals surface area contributed by atoms with E-state index in [4.69, 9.17) is 24.1 Å². The van der Waals surface area contributed by atoms with Gasteiger partial charge in [0.1, 0.15) is 11.5 Å². The van der Waals surface area contributed by atoms with Crippen LogP contribution >= 0.6 is 0 Å². The summed E-state index contributed by atoms with van der Waals surface area (Å²) in [5.74, 6) is 1.13. The van der Waals surface area contributed by atoms with Crippen LogP contribution in [0.5, 0.6) is 11.5 Å². The van der Waals surface area contributed by atoms with Crippen LogP contribution in [0.15, 0.2) is 67.0 Å². The van der Waals surface area contributed by atoms with E-state index < -0.39 is 12.3 Å². The molecule has 2 aromatic rings. The van der Waals surface area contributed by atoms with Gasteiger partial charge >= 0.3 is 12.3 Å². The summed E-state index contributed by atoms with van der Waals surface area (Å²) in [7, 11) is 0. The van der Waals surface area contributed by atoms with E-state index in [1.54, 1.807) is 36.4 Å². The molecule has 0 saturated heterocycles. The number of oxazole rings is 1. The quantitative estimate of drug-likeness (QED) is 0.265. The van der Waals surface area contributed by atoms with Crippen LogP contribution < -0.4 is 9.47 Å². The Morgan fingerprint density at radius 1 is 1.16 bits per heavy atom. The average Bonchev–Trinajstić information content (AvgIpc) is 3.30. The third-order valence-corrected chi connectivity index (χ3v) is 3.52. The van der Waals surface area contributed by atoms with E-state index in [1.165, 1.54) is 6.39 Å². The molecule has 0 aliphatic heterocycles. The smallest absolute Gasteiger partial charge is 0.483 e. The number of aryl methyl sites for hydroxylation is 1. The second-order valence-corrected chi connectivity index (χ2v) is 6.97. The molecule has 1 unspecified atom stereocenters. The fourth-order valence-electron chi connectivity index (χ4n) is 2.26. The van der Waals surface area contributed by atoms with Crippen LogP contribution in [-0.4, -0.2) is 34.1 Å². The van der Waals surface area contributed by atoms with Gasteiger partial charge in [0.15, 0.2) is 24.9 Å². The molecule has 0 saturated carbocycles. The number of ether oxygens (including phenoxy) is 2. The Kier molecular flexibility index (Phi) is 22.3. The molecular weight excluding hydrogens is 491 g/mol. The van der Waals surface area contributed by atoms with Crippen molar-refractivity contribution in [1.82, 2.24) is 4.98 Å². The van der Waals surface area contributed by atoms with E-state index in [0.717, 1.165) is 11.3 Å². The highest BCUT2D eigenvalue weighted by molar-refractivity contribution is 5.68. The molecule has 0 fully saturated rings. The van der Waals surface area contributed by atoms with Gasteiger partial charge in [0, 0.05) is 0 Å². The first kappa shape index (κ1) is 38.0. The van der Waals surface area contributed by atoms with Gasteiger partial charge in [0.05, 0.1) is 5.69 Å². The van der Waals surface area contributed by atoms with E-state index in [0.29, 0.717) is 17.3 Å². The number of benzene rings is 1. The normalized spacial score (nSPS) is 10.3. The Balaban J connectivity index is -0.000000686. The second-order valence-electron chi connectivity index (χ2n) is 6.97. The lowest BCUT2D eigenvalue weighted by Crippen LogP contribution is -2.10. The van der Waals surface area contributed by atoms with E-state index in [-0.39, 0.29) is 18.6 Å². The fourth-order valence-corrected chi connectivity index (χ4v) is 2.26. The van der Waals surface area contributed by atoms with Crippen molar-refractivity contribution in [3.05, 3.63) is 79.6 Å².